The molecule has 0 aliphatic carbocycles. The van der Waals surface area contributed by atoms with Gasteiger partial charge in [0.2, 0.25) is 0 Å². The summed E-state index contributed by atoms with van der Waals surface area (Å²) in [4.78, 5) is 12.9. The number of benzene rings is 2. The van der Waals surface area contributed by atoms with Gasteiger partial charge in [-0.3, -0.25) is 9.48 Å². The second-order valence-electron chi connectivity index (χ2n) is 6.09. The van der Waals surface area contributed by atoms with E-state index in [9.17, 15) is 4.79 Å². The summed E-state index contributed by atoms with van der Waals surface area (Å²) in [6.45, 7) is 2.02. The van der Waals surface area contributed by atoms with Crippen molar-refractivity contribution in [3.8, 4) is 5.75 Å². The number of hydrogen-bond acceptors (Lipinski definition) is 3. The van der Waals surface area contributed by atoms with Crippen LogP contribution in [-0.4, -0.2) is 22.8 Å². The van der Waals surface area contributed by atoms with Crippen LogP contribution in [0.1, 0.15) is 40.3 Å². The molecule has 134 valence electrons. The van der Waals surface area contributed by atoms with Crippen LogP contribution in [0, 0.1) is 0 Å². The highest BCUT2D eigenvalue weighted by Gasteiger charge is 2.20. The molecule has 3 aromatic rings. The summed E-state index contributed by atoms with van der Waals surface area (Å²) >= 11 is 0. The van der Waals surface area contributed by atoms with Crippen molar-refractivity contribution in [2.45, 2.75) is 19.4 Å². The Hall–Kier alpha value is -3.08. The maximum atomic E-state index is 12.9. The molecule has 0 saturated carbocycles. The first kappa shape index (κ1) is 17.7. The third kappa shape index (κ3) is 3.77. The average Bonchev–Trinajstić information content (AvgIpc) is 3.07. The summed E-state index contributed by atoms with van der Waals surface area (Å²) in [5, 5.41) is 7.51. The van der Waals surface area contributed by atoms with Crippen LogP contribution < -0.4 is 10.1 Å². The van der Waals surface area contributed by atoms with Crippen molar-refractivity contribution in [2.75, 3.05) is 7.11 Å². The van der Waals surface area contributed by atoms with Gasteiger partial charge in [0, 0.05) is 7.05 Å². The summed E-state index contributed by atoms with van der Waals surface area (Å²) in [6, 6.07) is 19.2. The van der Waals surface area contributed by atoms with Crippen molar-refractivity contribution < 1.29 is 9.53 Å². The molecular weight excluding hydrogens is 326 g/mol. The average molecular weight is 349 g/mol. The third-order valence-corrected chi connectivity index (χ3v) is 4.36. The number of nitrogens with zero attached hydrogens (tertiary/aromatic N) is 2. The lowest BCUT2D eigenvalue weighted by molar-refractivity contribution is 0.0933. The number of hydrogen-bond donors (Lipinski definition) is 1. The van der Waals surface area contributed by atoms with Crippen LogP contribution in [0.2, 0.25) is 0 Å². The van der Waals surface area contributed by atoms with Crippen LogP contribution in [-0.2, 0) is 13.5 Å². The smallest absolute Gasteiger partial charge is 0.270 e. The molecule has 0 fully saturated rings. The predicted molar refractivity (Wildman–Crippen MR) is 101 cm³/mol. The summed E-state index contributed by atoms with van der Waals surface area (Å²) < 4.78 is 6.97. The van der Waals surface area contributed by atoms with Crippen LogP contribution in [0.4, 0.5) is 0 Å². The second-order valence-corrected chi connectivity index (χ2v) is 6.09. The molecule has 1 aromatic heterocycles. The Balaban J connectivity index is 1.95. The lowest BCUT2D eigenvalue weighted by Crippen LogP contribution is -2.30. The highest BCUT2D eigenvalue weighted by Crippen LogP contribution is 2.25. The molecule has 1 N–H and O–H groups in total. The third-order valence-electron chi connectivity index (χ3n) is 4.36. The SMILES string of the molecule is CCc1cc(C(=O)N[C@@H](c2ccccc2)c2cccc(OC)c2)n(C)n1. The number of ether oxygens (including phenoxy) is 1. The fourth-order valence-electron chi connectivity index (χ4n) is 2.94. The Morgan fingerprint density at radius 1 is 1.12 bits per heavy atom. The van der Waals surface area contributed by atoms with Gasteiger partial charge in [0.05, 0.1) is 18.8 Å². The zero-order valence-corrected chi connectivity index (χ0v) is 15.3. The first-order chi connectivity index (χ1) is 12.6. The van der Waals surface area contributed by atoms with Gasteiger partial charge < -0.3 is 10.1 Å². The minimum atomic E-state index is -0.279. The minimum Gasteiger partial charge on any atom is -0.497 e. The number of nitrogens with one attached hydrogen (secondary N) is 1. The molecule has 0 radical (unpaired) electrons. The van der Waals surface area contributed by atoms with Crippen molar-refractivity contribution >= 4 is 5.91 Å². The maximum absolute atomic E-state index is 12.9. The van der Waals surface area contributed by atoms with Crippen molar-refractivity contribution in [2.24, 2.45) is 7.05 Å². The van der Waals surface area contributed by atoms with Crippen molar-refractivity contribution in [1.82, 2.24) is 15.1 Å². The molecule has 5 nitrogen and oxygen atoms in total. The van der Waals surface area contributed by atoms with E-state index in [-0.39, 0.29) is 11.9 Å². The zero-order valence-electron chi connectivity index (χ0n) is 15.3. The van der Waals surface area contributed by atoms with E-state index in [0.717, 1.165) is 29.0 Å². The topological polar surface area (TPSA) is 56.1 Å². The van der Waals surface area contributed by atoms with Gasteiger partial charge >= 0.3 is 0 Å². The maximum Gasteiger partial charge on any atom is 0.270 e. The molecule has 0 aliphatic rings. The molecule has 1 atom stereocenters. The van der Waals surface area contributed by atoms with Crippen LogP contribution in [0.15, 0.2) is 60.7 Å². The first-order valence-electron chi connectivity index (χ1n) is 8.65. The summed E-state index contributed by atoms with van der Waals surface area (Å²) in [5.41, 5.74) is 3.41. The highest BCUT2D eigenvalue weighted by molar-refractivity contribution is 5.93. The van der Waals surface area contributed by atoms with Gasteiger partial charge in [0.25, 0.3) is 5.91 Å². The van der Waals surface area contributed by atoms with Crippen LogP contribution >= 0.6 is 0 Å². The molecule has 1 amide bonds. The molecule has 0 aliphatic heterocycles. The van der Waals surface area contributed by atoms with Gasteiger partial charge in [-0.15, -0.1) is 0 Å². The number of carbonyl (C=O) groups is 1. The van der Waals surface area contributed by atoms with Gasteiger partial charge in [-0.05, 0) is 35.7 Å². The van der Waals surface area contributed by atoms with E-state index in [2.05, 4.69) is 10.4 Å². The van der Waals surface area contributed by atoms with Crippen LogP contribution in [0.3, 0.4) is 0 Å². The number of methoxy groups -OCH3 is 1. The number of carbonyl (C=O) groups excluding carboxylic acids is 1. The Kier molecular flexibility index (Phi) is 5.37. The Labute approximate surface area is 153 Å². The lowest BCUT2D eigenvalue weighted by atomic mass is 9.98. The van der Waals surface area contributed by atoms with Crippen molar-refractivity contribution in [3.05, 3.63) is 83.2 Å². The normalized spacial score (nSPS) is 11.8. The van der Waals surface area contributed by atoms with Gasteiger partial charge in [-0.1, -0.05) is 49.4 Å². The fraction of sp³-hybridized carbons (Fsp3) is 0.238. The highest BCUT2D eigenvalue weighted by atomic mass is 16.5. The number of amides is 1. The van der Waals surface area contributed by atoms with Crippen molar-refractivity contribution in [1.29, 1.82) is 0 Å². The van der Waals surface area contributed by atoms with E-state index in [4.69, 9.17) is 4.74 Å². The molecule has 3 rings (SSSR count). The molecule has 2 aromatic carbocycles. The quantitative estimate of drug-likeness (QED) is 0.741. The van der Waals surface area contributed by atoms with Gasteiger partial charge in [-0.25, -0.2) is 0 Å². The van der Waals surface area contributed by atoms with E-state index >= 15 is 0 Å². The largest absolute Gasteiger partial charge is 0.497 e. The Morgan fingerprint density at radius 2 is 1.85 bits per heavy atom. The Morgan fingerprint density at radius 3 is 2.50 bits per heavy atom. The molecule has 0 saturated heterocycles. The van der Waals surface area contributed by atoms with E-state index in [1.807, 2.05) is 67.6 Å². The first-order valence-corrected chi connectivity index (χ1v) is 8.65. The van der Waals surface area contributed by atoms with Gasteiger partial charge in [0.15, 0.2) is 0 Å². The van der Waals surface area contributed by atoms with Gasteiger partial charge in [-0.2, -0.15) is 5.10 Å². The summed E-state index contributed by atoms with van der Waals surface area (Å²) in [6.07, 6.45) is 0.791. The van der Waals surface area contributed by atoms with E-state index in [0.29, 0.717) is 5.69 Å². The van der Waals surface area contributed by atoms with Crippen LogP contribution in [0.25, 0.3) is 0 Å². The molecule has 1 heterocycles. The summed E-state index contributed by atoms with van der Waals surface area (Å²) in [5.74, 6) is 0.600. The van der Waals surface area contributed by atoms with E-state index in [1.165, 1.54) is 0 Å². The minimum absolute atomic E-state index is 0.156. The van der Waals surface area contributed by atoms with Crippen molar-refractivity contribution in [3.63, 3.8) is 0 Å². The lowest BCUT2D eigenvalue weighted by Gasteiger charge is -2.20. The fourth-order valence-corrected chi connectivity index (χ4v) is 2.94. The van der Waals surface area contributed by atoms with Crippen LogP contribution in [0.5, 0.6) is 5.75 Å². The standard InChI is InChI=1S/C21H23N3O2/c1-4-17-14-19(24(2)23-17)21(25)22-20(15-9-6-5-7-10-15)16-11-8-12-18(13-16)26-3/h5-14,20H,4H2,1-3H3,(H,22,25)/t20-/m0/s1. The van der Waals surface area contributed by atoms with Gasteiger partial charge in [0.1, 0.15) is 11.4 Å². The molecule has 0 spiro atoms. The molecule has 5 heteroatoms. The molecule has 0 bridgehead atoms. The number of aromatic nitrogens is 2. The Bertz CT molecular complexity index is 887. The van der Waals surface area contributed by atoms with E-state index < -0.39 is 0 Å². The second kappa shape index (κ2) is 7.87. The molecular formula is C21H23N3O2. The number of aryl methyl sites for hydroxylation is 2. The zero-order chi connectivity index (χ0) is 18.5. The summed E-state index contributed by atoms with van der Waals surface area (Å²) in [7, 11) is 3.42. The monoisotopic (exact) mass is 349 g/mol. The number of rotatable bonds is 6. The molecule has 26 heavy (non-hydrogen) atoms. The van der Waals surface area contributed by atoms with E-state index in [1.54, 1.807) is 18.8 Å². The molecule has 0 unspecified atom stereocenters. The predicted octanol–water partition coefficient (Wildman–Crippen LogP) is 3.51.